The molecule has 1 aliphatic heterocycles. The van der Waals surface area contributed by atoms with E-state index in [4.69, 9.17) is 16.3 Å². The Morgan fingerprint density at radius 3 is 3.00 bits per heavy atom. The molecule has 1 saturated heterocycles. The standard InChI is InChI=1S/C16H17ClN2O2/c1-11-9-19(10-13(8-17)21-11)16(20)14-6-2-4-12-5-3-7-18-15(12)14/h2-7,11,13H,8-10H2,1H3. The molecule has 3 rings (SSSR count). The van der Waals surface area contributed by atoms with Gasteiger partial charge in [-0.2, -0.15) is 0 Å². The van der Waals surface area contributed by atoms with Gasteiger partial charge in [0.25, 0.3) is 5.91 Å². The van der Waals surface area contributed by atoms with Crippen LogP contribution < -0.4 is 0 Å². The lowest BCUT2D eigenvalue weighted by atomic mass is 10.1. The van der Waals surface area contributed by atoms with Gasteiger partial charge in [0.15, 0.2) is 0 Å². The van der Waals surface area contributed by atoms with Gasteiger partial charge in [0.2, 0.25) is 0 Å². The minimum atomic E-state index is -0.109. The summed E-state index contributed by atoms with van der Waals surface area (Å²) in [6.07, 6.45) is 1.60. The number of amides is 1. The number of carbonyl (C=O) groups is 1. The summed E-state index contributed by atoms with van der Waals surface area (Å²) in [7, 11) is 0. The minimum absolute atomic E-state index is 0.00520. The molecular formula is C16H17ClN2O2. The molecule has 2 unspecified atom stereocenters. The Balaban J connectivity index is 1.93. The molecule has 1 aromatic heterocycles. The molecule has 0 spiro atoms. The maximum atomic E-state index is 12.8. The zero-order valence-corrected chi connectivity index (χ0v) is 12.6. The molecule has 0 radical (unpaired) electrons. The quantitative estimate of drug-likeness (QED) is 0.801. The van der Waals surface area contributed by atoms with Crippen molar-refractivity contribution in [1.82, 2.24) is 9.88 Å². The number of morpholine rings is 1. The van der Waals surface area contributed by atoms with Crippen LogP contribution in [0.15, 0.2) is 36.5 Å². The number of para-hydroxylation sites is 1. The van der Waals surface area contributed by atoms with Crippen molar-refractivity contribution in [3.8, 4) is 0 Å². The predicted molar refractivity (Wildman–Crippen MR) is 82.7 cm³/mol. The van der Waals surface area contributed by atoms with Gasteiger partial charge in [-0.15, -0.1) is 11.6 Å². The minimum Gasteiger partial charge on any atom is -0.370 e. The van der Waals surface area contributed by atoms with Crippen molar-refractivity contribution in [2.45, 2.75) is 19.1 Å². The first-order chi connectivity index (χ1) is 10.2. The Kier molecular flexibility index (Phi) is 4.08. The van der Waals surface area contributed by atoms with E-state index >= 15 is 0 Å². The predicted octanol–water partition coefficient (Wildman–Crippen LogP) is 2.70. The fourth-order valence-corrected chi connectivity index (χ4v) is 2.91. The van der Waals surface area contributed by atoms with Crippen molar-refractivity contribution in [1.29, 1.82) is 0 Å². The van der Waals surface area contributed by atoms with Gasteiger partial charge < -0.3 is 9.64 Å². The van der Waals surface area contributed by atoms with Crippen LogP contribution in [0.2, 0.25) is 0 Å². The van der Waals surface area contributed by atoms with Gasteiger partial charge in [0.1, 0.15) is 0 Å². The zero-order valence-electron chi connectivity index (χ0n) is 11.8. The molecule has 5 heteroatoms. The summed E-state index contributed by atoms with van der Waals surface area (Å²) in [5.41, 5.74) is 1.38. The molecule has 2 atom stereocenters. The number of ether oxygens (including phenoxy) is 1. The summed E-state index contributed by atoms with van der Waals surface area (Å²) in [6.45, 7) is 3.06. The number of fused-ring (bicyclic) bond motifs is 1. The van der Waals surface area contributed by atoms with Gasteiger partial charge in [0.05, 0.1) is 29.2 Å². The first-order valence-corrected chi connectivity index (χ1v) is 7.57. The second kappa shape index (κ2) is 6.00. The summed E-state index contributed by atoms with van der Waals surface area (Å²) in [5.74, 6) is 0.381. The summed E-state index contributed by atoms with van der Waals surface area (Å²) in [4.78, 5) is 19.0. The molecule has 1 amide bonds. The Morgan fingerprint density at radius 2 is 2.19 bits per heavy atom. The maximum absolute atomic E-state index is 12.8. The fourth-order valence-electron chi connectivity index (χ4n) is 2.74. The molecule has 1 aromatic carbocycles. The van der Waals surface area contributed by atoms with Crippen LogP contribution in [0.4, 0.5) is 0 Å². The van der Waals surface area contributed by atoms with Crippen LogP contribution in [0.3, 0.4) is 0 Å². The number of benzene rings is 1. The van der Waals surface area contributed by atoms with Crippen molar-refractivity contribution in [2.75, 3.05) is 19.0 Å². The van der Waals surface area contributed by atoms with Crippen molar-refractivity contribution in [3.05, 3.63) is 42.1 Å². The lowest BCUT2D eigenvalue weighted by Crippen LogP contribution is -2.49. The Morgan fingerprint density at radius 1 is 1.38 bits per heavy atom. The molecule has 0 aliphatic carbocycles. The molecular weight excluding hydrogens is 288 g/mol. The highest BCUT2D eigenvalue weighted by Crippen LogP contribution is 2.20. The van der Waals surface area contributed by atoms with Crippen LogP contribution in [-0.2, 0) is 4.74 Å². The van der Waals surface area contributed by atoms with E-state index in [1.165, 1.54) is 0 Å². The number of hydrogen-bond acceptors (Lipinski definition) is 3. The molecule has 0 saturated carbocycles. The van der Waals surface area contributed by atoms with E-state index in [0.717, 1.165) is 10.9 Å². The van der Waals surface area contributed by atoms with E-state index in [9.17, 15) is 4.79 Å². The zero-order chi connectivity index (χ0) is 14.8. The highest BCUT2D eigenvalue weighted by molar-refractivity contribution is 6.18. The van der Waals surface area contributed by atoms with Gasteiger partial charge in [-0.25, -0.2) is 0 Å². The summed E-state index contributed by atoms with van der Waals surface area (Å²) in [6, 6.07) is 9.51. The summed E-state index contributed by atoms with van der Waals surface area (Å²) in [5, 5.41) is 0.971. The third-order valence-electron chi connectivity index (χ3n) is 3.65. The number of halogens is 1. The Hall–Kier alpha value is -1.65. The number of alkyl halides is 1. The van der Waals surface area contributed by atoms with Crippen molar-refractivity contribution in [3.63, 3.8) is 0 Å². The van der Waals surface area contributed by atoms with Crippen LogP contribution >= 0.6 is 11.6 Å². The smallest absolute Gasteiger partial charge is 0.256 e. The molecule has 1 aliphatic rings. The fraction of sp³-hybridized carbons (Fsp3) is 0.375. The number of hydrogen-bond donors (Lipinski definition) is 0. The average Bonchev–Trinajstić information content (AvgIpc) is 2.53. The van der Waals surface area contributed by atoms with E-state index in [1.54, 1.807) is 6.20 Å². The van der Waals surface area contributed by atoms with E-state index in [-0.39, 0.29) is 18.1 Å². The lowest BCUT2D eigenvalue weighted by molar-refractivity contribution is -0.0570. The van der Waals surface area contributed by atoms with E-state index < -0.39 is 0 Å². The third kappa shape index (κ3) is 2.87. The number of aromatic nitrogens is 1. The third-order valence-corrected chi connectivity index (χ3v) is 3.99. The molecule has 2 heterocycles. The Bertz CT molecular complexity index is 656. The topological polar surface area (TPSA) is 42.4 Å². The average molecular weight is 305 g/mol. The monoisotopic (exact) mass is 304 g/mol. The van der Waals surface area contributed by atoms with Gasteiger partial charge in [-0.1, -0.05) is 18.2 Å². The SMILES string of the molecule is CC1CN(C(=O)c2cccc3cccnc23)CC(CCl)O1. The van der Waals surface area contributed by atoms with E-state index in [1.807, 2.05) is 42.2 Å². The van der Waals surface area contributed by atoms with Gasteiger partial charge >= 0.3 is 0 Å². The highest BCUT2D eigenvalue weighted by atomic mass is 35.5. The summed E-state index contributed by atoms with van der Waals surface area (Å²) < 4.78 is 5.70. The van der Waals surface area contributed by atoms with E-state index in [0.29, 0.717) is 24.5 Å². The molecule has 1 fully saturated rings. The van der Waals surface area contributed by atoms with Gasteiger partial charge in [0, 0.05) is 24.7 Å². The number of rotatable bonds is 2. The first kappa shape index (κ1) is 14.3. The highest BCUT2D eigenvalue weighted by Gasteiger charge is 2.29. The normalized spacial score (nSPS) is 22.5. The van der Waals surface area contributed by atoms with Crippen LogP contribution in [-0.4, -0.2) is 47.0 Å². The largest absolute Gasteiger partial charge is 0.370 e. The van der Waals surface area contributed by atoms with Crippen molar-refractivity contribution in [2.24, 2.45) is 0 Å². The molecule has 2 aromatic rings. The van der Waals surface area contributed by atoms with Crippen LogP contribution in [0.5, 0.6) is 0 Å². The van der Waals surface area contributed by atoms with Crippen molar-refractivity contribution >= 4 is 28.4 Å². The molecule has 110 valence electrons. The van der Waals surface area contributed by atoms with Crippen molar-refractivity contribution < 1.29 is 9.53 Å². The van der Waals surface area contributed by atoms with Crippen LogP contribution in [0, 0.1) is 0 Å². The first-order valence-electron chi connectivity index (χ1n) is 7.03. The number of carbonyl (C=O) groups excluding carboxylic acids is 1. The van der Waals surface area contributed by atoms with Crippen LogP contribution in [0.1, 0.15) is 17.3 Å². The molecule has 4 nitrogen and oxygen atoms in total. The van der Waals surface area contributed by atoms with Crippen LogP contribution in [0.25, 0.3) is 10.9 Å². The lowest BCUT2D eigenvalue weighted by Gasteiger charge is -2.36. The maximum Gasteiger partial charge on any atom is 0.256 e. The Labute approximate surface area is 128 Å². The van der Waals surface area contributed by atoms with Gasteiger partial charge in [-0.05, 0) is 19.1 Å². The second-order valence-electron chi connectivity index (χ2n) is 5.31. The molecule has 0 bridgehead atoms. The number of pyridine rings is 1. The second-order valence-corrected chi connectivity index (χ2v) is 5.62. The molecule has 21 heavy (non-hydrogen) atoms. The van der Waals surface area contributed by atoms with E-state index in [2.05, 4.69) is 4.98 Å². The molecule has 0 N–H and O–H groups in total. The summed E-state index contributed by atoms with van der Waals surface area (Å²) >= 11 is 5.88. The van der Waals surface area contributed by atoms with Gasteiger partial charge in [-0.3, -0.25) is 9.78 Å². The number of nitrogens with zero attached hydrogens (tertiary/aromatic N) is 2.